The van der Waals surface area contributed by atoms with Crippen LogP contribution >= 0.6 is 0 Å². The predicted octanol–water partition coefficient (Wildman–Crippen LogP) is 0.560. The van der Waals surface area contributed by atoms with Crippen LogP contribution in [0.1, 0.15) is 20.7 Å². The molecule has 4 heterocycles. The number of carbonyl (C=O) groups excluding carboxylic acids is 2. The number of rotatable bonds is 0. The highest BCUT2D eigenvalue weighted by molar-refractivity contribution is 6.50. The van der Waals surface area contributed by atoms with Crippen LogP contribution in [0.2, 0.25) is 0 Å². The molecular formula is C30H12N4O8. The van der Waals surface area contributed by atoms with E-state index in [1.165, 1.54) is 14.1 Å². The standard InChI is InChI=1S/C30H12N4O8/c1-33-27(39)9-6-7-4-3-5-8-10(7)13(12(9)28(33)40)15-14-11(8)21-22(30(42)34(2)29(21)41)19-16(14)18(24(36)31-25(19)37)20-17(15)23(35)32-26(20)38/h3-6H,1-2H3,(H,31,36,37)(H,32,35,38). The van der Waals surface area contributed by atoms with Gasteiger partial charge in [0, 0.05) is 41.0 Å². The Labute approximate surface area is 228 Å². The van der Waals surface area contributed by atoms with Crippen molar-refractivity contribution < 1.29 is 9.59 Å². The van der Waals surface area contributed by atoms with E-state index in [0.29, 0.717) is 16.2 Å². The molecule has 0 saturated heterocycles. The number of nitrogens with one attached hydrogen (secondary N) is 2. The van der Waals surface area contributed by atoms with Gasteiger partial charge in [0.1, 0.15) is 0 Å². The van der Waals surface area contributed by atoms with E-state index < -0.39 is 45.2 Å². The maximum Gasteiger partial charge on any atom is 0.262 e. The molecule has 3 aromatic heterocycles. The molecule has 200 valence electrons. The minimum atomic E-state index is -0.954. The molecule has 0 bridgehead atoms. The predicted molar refractivity (Wildman–Crippen MR) is 155 cm³/mol. The largest absolute Gasteiger partial charge is 0.288 e. The van der Waals surface area contributed by atoms with Crippen molar-refractivity contribution in [1.29, 1.82) is 0 Å². The third-order valence-electron chi connectivity index (χ3n) is 8.89. The Morgan fingerprint density at radius 3 is 1.81 bits per heavy atom. The van der Waals surface area contributed by atoms with Crippen LogP contribution in [0.25, 0.3) is 75.4 Å². The molecule has 12 heteroatoms. The van der Waals surface area contributed by atoms with Gasteiger partial charge >= 0.3 is 0 Å². The molecule has 2 N–H and O–H groups in total. The van der Waals surface area contributed by atoms with E-state index in [0.717, 1.165) is 9.13 Å². The van der Waals surface area contributed by atoms with Crippen LogP contribution in [-0.4, -0.2) is 25.9 Å². The molecule has 0 radical (unpaired) electrons. The lowest BCUT2D eigenvalue weighted by atomic mass is 9.80. The van der Waals surface area contributed by atoms with Crippen molar-refractivity contribution in [2.75, 3.05) is 0 Å². The molecule has 0 atom stereocenters. The number of aromatic nitrogens is 3. The summed E-state index contributed by atoms with van der Waals surface area (Å²) in [7, 11) is 2.59. The highest BCUT2D eigenvalue weighted by Gasteiger charge is 2.37. The summed E-state index contributed by atoms with van der Waals surface area (Å²) in [6.45, 7) is 0. The van der Waals surface area contributed by atoms with Gasteiger partial charge in [0.2, 0.25) is 0 Å². The molecule has 8 aromatic rings. The van der Waals surface area contributed by atoms with Crippen molar-refractivity contribution in [3.8, 4) is 0 Å². The zero-order valence-electron chi connectivity index (χ0n) is 21.5. The third-order valence-corrected chi connectivity index (χ3v) is 8.89. The fourth-order valence-electron chi connectivity index (χ4n) is 7.24. The normalized spacial score (nSPS) is 13.9. The molecule has 1 aliphatic heterocycles. The first-order chi connectivity index (χ1) is 20.0. The lowest BCUT2D eigenvalue weighted by molar-refractivity contribution is 0.0847. The van der Waals surface area contributed by atoms with Gasteiger partial charge in [0.05, 0.1) is 43.4 Å². The van der Waals surface area contributed by atoms with Crippen molar-refractivity contribution in [2.45, 2.75) is 0 Å². The monoisotopic (exact) mass is 556 g/mol. The molecule has 0 saturated carbocycles. The molecule has 12 nitrogen and oxygen atoms in total. The number of aromatic amines is 1. The van der Waals surface area contributed by atoms with E-state index in [1.807, 2.05) is 0 Å². The number of fused-ring (bicyclic) bond motifs is 10. The summed E-state index contributed by atoms with van der Waals surface area (Å²) in [5.74, 6) is -1.90. The van der Waals surface area contributed by atoms with Gasteiger partial charge in [-0.15, -0.1) is 0 Å². The van der Waals surface area contributed by atoms with Gasteiger partial charge in [-0.1, -0.05) is 18.2 Å². The van der Waals surface area contributed by atoms with Crippen LogP contribution in [0.15, 0.2) is 53.0 Å². The second kappa shape index (κ2) is 6.63. The van der Waals surface area contributed by atoms with Gasteiger partial charge in [0.25, 0.3) is 45.2 Å². The SMILES string of the molecule is Cn1c(=O)c2c3c4c(c5c(=O)[nH]c(=O)c5c5c4c(c4cccc6cc7c(=O)n(C)c(=O)c7c5c64)c2c1=O)C(=O)NC3=O. The molecule has 1 aliphatic rings. The zero-order valence-corrected chi connectivity index (χ0v) is 21.5. The second-order valence-corrected chi connectivity index (χ2v) is 10.7. The number of benzene rings is 5. The number of H-pyrrole nitrogens is 1. The van der Waals surface area contributed by atoms with Crippen molar-refractivity contribution >= 4 is 87.2 Å². The van der Waals surface area contributed by atoms with Crippen LogP contribution in [0.3, 0.4) is 0 Å². The van der Waals surface area contributed by atoms with Gasteiger partial charge < -0.3 is 0 Å². The smallest absolute Gasteiger partial charge is 0.262 e. The van der Waals surface area contributed by atoms with Gasteiger partial charge in [-0.25, -0.2) is 0 Å². The first kappa shape index (κ1) is 22.7. The molecule has 0 unspecified atom stereocenters. The average Bonchev–Trinajstić information content (AvgIpc) is 3.47. The Morgan fingerprint density at radius 1 is 0.500 bits per heavy atom. The number of nitrogens with zero attached hydrogens (tertiary/aromatic N) is 2. The van der Waals surface area contributed by atoms with Crippen molar-refractivity contribution in [2.24, 2.45) is 14.1 Å². The molecular weight excluding hydrogens is 544 g/mol. The summed E-state index contributed by atoms with van der Waals surface area (Å²) in [4.78, 5) is 110. The first-order valence-electron chi connectivity index (χ1n) is 12.7. The topological polar surface area (TPSA) is 174 Å². The maximum atomic E-state index is 13.7. The fourth-order valence-corrected chi connectivity index (χ4v) is 7.24. The molecule has 2 amide bonds. The van der Waals surface area contributed by atoms with Crippen LogP contribution < -0.4 is 38.7 Å². The number of hydrogen-bond acceptors (Lipinski definition) is 8. The van der Waals surface area contributed by atoms with E-state index in [9.17, 15) is 38.4 Å². The maximum absolute atomic E-state index is 13.7. The Balaban J connectivity index is 1.90. The summed E-state index contributed by atoms with van der Waals surface area (Å²) in [5, 5.41) is 3.14. The molecule has 9 rings (SSSR count). The molecule has 0 fully saturated rings. The lowest BCUT2D eigenvalue weighted by Gasteiger charge is -2.23. The number of imide groups is 1. The van der Waals surface area contributed by atoms with E-state index in [1.54, 1.807) is 24.3 Å². The highest BCUT2D eigenvalue weighted by atomic mass is 16.2. The summed E-state index contributed by atoms with van der Waals surface area (Å²) in [6.07, 6.45) is 0. The fraction of sp³-hybridized carbons (Fsp3) is 0.0667. The summed E-state index contributed by atoms with van der Waals surface area (Å²) >= 11 is 0. The minimum Gasteiger partial charge on any atom is -0.288 e. The van der Waals surface area contributed by atoms with Gasteiger partial charge in [-0.2, -0.15) is 0 Å². The zero-order chi connectivity index (χ0) is 29.3. The van der Waals surface area contributed by atoms with Gasteiger partial charge in [0.15, 0.2) is 0 Å². The van der Waals surface area contributed by atoms with Crippen LogP contribution in [0.4, 0.5) is 0 Å². The summed E-state index contributed by atoms with van der Waals surface area (Å²) in [6, 6.07) is 6.60. The highest BCUT2D eigenvalue weighted by Crippen LogP contribution is 2.49. The molecule has 0 aliphatic carbocycles. The van der Waals surface area contributed by atoms with Gasteiger partial charge in [-0.05, 0) is 22.2 Å². The number of carbonyl (C=O) groups is 2. The van der Waals surface area contributed by atoms with Crippen molar-refractivity contribution in [3.63, 3.8) is 0 Å². The summed E-state index contributed by atoms with van der Waals surface area (Å²) < 4.78 is 1.80. The van der Waals surface area contributed by atoms with Crippen LogP contribution in [0, 0.1) is 0 Å². The molecule has 0 spiro atoms. The van der Waals surface area contributed by atoms with Crippen molar-refractivity contribution in [1.82, 2.24) is 19.4 Å². The van der Waals surface area contributed by atoms with E-state index in [2.05, 4.69) is 10.3 Å². The molecule has 5 aromatic carbocycles. The Morgan fingerprint density at radius 2 is 1.07 bits per heavy atom. The van der Waals surface area contributed by atoms with Crippen LogP contribution in [0.5, 0.6) is 0 Å². The van der Waals surface area contributed by atoms with Gasteiger partial charge in [-0.3, -0.25) is 57.8 Å². The second-order valence-electron chi connectivity index (χ2n) is 10.7. The Bertz CT molecular complexity index is 3060. The quantitative estimate of drug-likeness (QED) is 0.155. The number of amides is 2. The lowest BCUT2D eigenvalue weighted by Crippen LogP contribution is -2.36. The third kappa shape index (κ3) is 2.12. The van der Waals surface area contributed by atoms with E-state index in [4.69, 9.17) is 0 Å². The van der Waals surface area contributed by atoms with E-state index >= 15 is 0 Å². The van der Waals surface area contributed by atoms with E-state index in [-0.39, 0.29) is 70.4 Å². The Hall–Kier alpha value is -6.04. The van der Waals surface area contributed by atoms with Crippen LogP contribution in [-0.2, 0) is 14.1 Å². The number of hydrogen-bond donors (Lipinski definition) is 2. The van der Waals surface area contributed by atoms with Crippen molar-refractivity contribution in [3.05, 3.63) is 97.5 Å². The average molecular weight is 556 g/mol. The Kier molecular flexibility index (Phi) is 3.59. The summed E-state index contributed by atoms with van der Waals surface area (Å²) in [5.41, 5.74) is -5.00. The first-order valence-corrected chi connectivity index (χ1v) is 12.7. The minimum absolute atomic E-state index is 0.00842. The molecule has 42 heavy (non-hydrogen) atoms.